The maximum absolute atomic E-state index is 13.2. The van der Waals surface area contributed by atoms with Crippen molar-refractivity contribution < 1.29 is 13.5 Å². The van der Waals surface area contributed by atoms with Crippen molar-refractivity contribution in [2.45, 2.75) is 27.2 Å². The smallest absolute Gasteiger partial charge is 0.200 e. The Hall–Kier alpha value is -2.62. The molecule has 0 radical (unpaired) electrons. The number of ether oxygens (including phenoxy) is 1. The van der Waals surface area contributed by atoms with Crippen LogP contribution in [0.2, 0.25) is 0 Å². The molecule has 1 heterocycles. The van der Waals surface area contributed by atoms with Crippen molar-refractivity contribution in [3.8, 4) is 16.9 Å². The van der Waals surface area contributed by atoms with Crippen molar-refractivity contribution in [1.82, 2.24) is 0 Å². The molecule has 0 aliphatic heterocycles. The third-order valence-electron chi connectivity index (χ3n) is 4.06. The van der Waals surface area contributed by atoms with Crippen molar-refractivity contribution >= 4 is 11.0 Å². The van der Waals surface area contributed by atoms with Crippen LogP contribution in [-0.2, 0) is 6.42 Å². The zero-order chi connectivity index (χ0) is 17.3. The highest BCUT2D eigenvalue weighted by Crippen LogP contribution is 2.29. The fourth-order valence-electron chi connectivity index (χ4n) is 2.90. The van der Waals surface area contributed by atoms with Crippen LogP contribution >= 0.6 is 0 Å². The van der Waals surface area contributed by atoms with E-state index < -0.39 is 0 Å². The number of rotatable bonds is 4. The summed E-state index contributed by atoms with van der Waals surface area (Å²) in [6.45, 7) is 6.23. The zero-order valence-electron chi connectivity index (χ0n) is 14.0. The van der Waals surface area contributed by atoms with Crippen molar-refractivity contribution in [3.63, 3.8) is 0 Å². The first-order chi connectivity index (χ1) is 11.5. The predicted octanol–water partition coefficient (Wildman–Crippen LogP) is 4.87. The lowest BCUT2D eigenvalue weighted by molar-refractivity contribution is 0.336. The highest BCUT2D eigenvalue weighted by molar-refractivity contribution is 5.84. The highest BCUT2D eigenvalue weighted by atomic mass is 19.1. The molecule has 0 N–H and O–H groups in total. The molecular formula is C20H19FO3. The van der Waals surface area contributed by atoms with Gasteiger partial charge in [-0.25, -0.2) is 4.39 Å². The van der Waals surface area contributed by atoms with Crippen molar-refractivity contribution in [2.75, 3.05) is 6.61 Å². The lowest BCUT2D eigenvalue weighted by Gasteiger charge is -2.12. The summed E-state index contributed by atoms with van der Waals surface area (Å²) in [6.07, 6.45) is 0.754. The molecule has 2 aromatic carbocycles. The van der Waals surface area contributed by atoms with Gasteiger partial charge >= 0.3 is 0 Å². The number of fused-ring (bicyclic) bond motifs is 1. The molecular weight excluding hydrogens is 307 g/mol. The molecule has 3 rings (SSSR count). The predicted molar refractivity (Wildman–Crippen MR) is 93.2 cm³/mol. The van der Waals surface area contributed by atoms with E-state index in [9.17, 15) is 9.18 Å². The third-order valence-corrected chi connectivity index (χ3v) is 4.06. The van der Waals surface area contributed by atoms with Gasteiger partial charge in [0.1, 0.15) is 22.9 Å². The van der Waals surface area contributed by atoms with E-state index in [0.29, 0.717) is 34.5 Å². The molecule has 0 spiro atoms. The fraction of sp³-hybridized carbons (Fsp3) is 0.250. The molecule has 0 aliphatic rings. The topological polar surface area (TPSA) is 39.4 Å². The van der Waals surface area contributed by atoms with E-state index in [1.165, 1.54) is 12.1 Å². The van der Waals surface area contributed by atoms with Crippen LogP contribution in [0.5, 0.6) is 5.75 Å². The van der Waals surface area contributed by atoms with Gasteiger partial charge in [-0.05, 0) is 49.6 Å². The lowest BCUT2D eigenvalue weighted by Crippen LogP contribution is -2.08. The number of aryl methyl sites for hydroxylation is 2. The average Bonchev–Trinajstić information content (AvgIpc) is 2.56. The number of hydrogen-bond donors (Lipinski definition) is 0. The number of halogens is 1. The van der Waals surface area contributed by atoms with Crippen molar-refractivity contribution in [3.05, 3.63) is 63.8 Å². The zero-order valence-corrected chi connectivity index (χ0v) is 14.0. The molecule has 0 aliphatic carbocycles. The van der Waals surface area contributed by atoms with E-state index in [1.807, 2.05) is 19.9 Å². The SMILES string of the molecule is CCOc1cc2oc(C)c(-c3ccc(F)cc3)c(=O)c2cc1CC. The highest BCUT2D eigenvalue weighted by Gasteiger charge is 2.16. The van der Waals surface area contributed by atoms with E-state index in [2.05, 4.69) is 0 Å². The summed E-state index contributed by atoms with van der Waals surface area (Å²) in [5, 5.41) is 0.514. The first-order valence-corrected chi connectivity index (χ1v) is 8.04. The van der Waals surface area contributed by atoms with Crippen molar-refractivity contribution in [1.29, 1.82) is 0 Å². The molecule has 3 nitrogen and oxygen atoms in total. The second-order valence-electron chi connectivity index (χ2n) is 5.61. The Morgan fingerprint density at radius 1 is 1.12 bits per heavy atom. The second kappa shape index (κ2) is 6.48. The van der Waals surface area contributed by atoms with Gasteiger partial charge in [0.2, 0.25) is 5.43 Å². The average molecular weight is 326 g/mol. The van der Waals surface area contributed by atoms with Crippen LogP contribution in [0.15, 0.2) is 45.6 Å². The second-order valence-corrected chi connectivity index (χ2v) is 5.61. The van der Waals surface area contributed by atoms with Gasteiger partial charge in [-0.1, -0.05) is 19.1 Å². The van der Waals surface area contributed by atoms with Crippen molar-refractivity contribution in [2.24, 2.45) is 0 Å². The summed E-state index contributed by atoms with van der Waals surface area (Å²) < 4.78 is 24.7. The monoisotopic (exact) mass is 326 g/mol. The minimum atomic E-state index is -0.337. The third kappa shape index (κ3) is 2.80. The van der Waals surface area contributed by atoms with Gasteiger partial charge in [0.05, 0.1) is 17.6 Å². The largest absolute Gasteiger partial charge is 0.493 e. The van der Waals surface area contributed by atoms with E-state index >= 15 is 0 Å². The molecule has 1 aromatic heterocycles. The Bertz CT molecular complexity index is 940. The normalized spacial score (nSPS) is 11.0. The molecule has 0 unspecified atom stereocenters. The first-order valence-electron chi connectivity index (χ1n) is 8.04. The van der Waals surface area contributed by atoms with Crippen LogP contribution in [0, 0.1) is 12.7 Å². The Morgan fingerprint density at radius 3 is 2.46 bits per heavy atom. The fourth-order valence-corrected chi connectivity index (χ4v) is 2.90. The number of benzene rings is 2. The van der Waals surface area contributed by atoms with Gasteiger partial charge in [0, 0.05) is 6.07 Å². The number of hydrogen-bond acceptors (Lipinski definition) is 3. The summed E-state index contributed by atoms with van der Waals surface area (Å²) in [7, 11) is 0. The maximum Gasteiger partial charge on any atom is 0.200 e. The summed E-state index contributed by atoms with van der Waals surface area (Å²) in [4.78, 5) is 13.0. The quantitative estimate of drug-likeness (QED) is 0.687. The minimum absolute atomic E-state index is 0.113. The van der Waals surface area contributed by atoms with Gasteiger partial charge < -0.3 is 9.15 Å². The molecule has 0 saturated heterocycles. The van der Waals surface area contributed by atoms with Crippen LogP contribution in [0.25, 0.3) is 22.1 Å². The van der Waals surface area contributed by atoms with Gasteiger partial charge in [-0.2, -0.15) is 0 Å². The Morgan fingerprint density at radius 2 is 1.83 bits per heavy atom. The van der Waals surface area contributed by atoms with E-state index in [1.54, 1.807) is 25.1 Å². The van der Waals surface area contributed by atoms with Crippen LogP contribution in [0.1, 0.15) is 25.2 Å². The molecule has 3 aromatic rings. The first kappa shape index (κ1) is 16.2. The standard InChI is InChI=1S/C20H19FO3/c1-4-13-10-16-18(11-17(13)23-5-2)24-12(3)19(20(16)22)14-6-8-15(21)9-7-14/h6-11H,4-5H2,1-3H3. The molecule has 4 heteroatoms. The molecule has 124 valence electrons. The Labute approximate surface area is 139 Å². The molecule has 0 fully saturated rings. The van der Waals surface area contributed by atoms with Crippen LogP contribution in [-0.4, -0.2) is 6.61 Å². The van der Waals surface area contributed by atoms with Gasteiger partial charge in [0.25, 0.3) is 0 Å². The molecule has 0 saturated carbocycles. The Balaban J connectivity index is 2.28. The summed E-state index contributed by atoms with van der Waals surface area (Å²) in [6, 6.07) is 9.48. The summed E-state index contributed by atoms with van der Waals surface area (Å²) in [5.74, 6) is 0.909. The van der Waals surface area contributed by atoms with Crippen LogP contribution in [0.4, 0.5) is 4.39 Å². The van der Waals surface area contributed by atoms with Gasteiger partial charge in [0.15, 0.2) is 0 Å². The summed E-state index contributed by atoms with van der Waals surface area (Å²) in [5.41, 5.74) is 2.47. The van der Waals surface area contributed by atoms with Crippen LogP contribution in [0.3, 0.4) is 0 Å². The van der Waals surface area contributed by atoms with Gasteiger partial charge in [-0.3, -0.25) is 4.79 Å². The van der Waals surface area contributed by atoms with E-state index in [-0.39, 0.29) is 11.2 Å². The maximum atomic E-state index is 13.2. The van der Waals surface area contributed by atoms with E-state index in [4.69, 9.17) is 9.15 Å². The lowest BCUT2D eigenvalue weighted by atomic mass is 10.0. The van der Waals surface area contributed by atoms with Crippen LogP contribution < -0.4 is 10.2 Å². The molecule has 0 bridgehead atoms. The minimum Gasteiger partial charge on any atom is -0.493 e. The van der Waals surface area contributed by atoms with E-state index in [0.717, 1.165) is 17.7 Å². The molecule has 0 atom stereocenters. The molecule has 24 heavy (non-hydrogen) atoms. The Kier molecular flexibility index (Phi) is 4.38. The van der Waals surface area contributed by atoms with Gasteiger partial charge in [-0.15, -0.1) is 0 Å². The molecule has 0 amide bonds. The summed E-state index contributed by atoms with van der Waals surface area (Å²) >= 11 is 0.